The average Bonchev–Trinajstić information content (AvgIpc) is 3.22. The van der Waals surface area contributed by atoms with E-state index in [0.29, 0.717) is 33.7 Å². The molecule has 1 amide bonds. The molecule has 0 unspecified atom stereocenters. The highest BCUT2D eigenvalue weighted by molar-refractivity contribution is 7.17. The summed E-state index contributed by atoms with van der Waals surface area (Å²) in [6.45, 7) is 0.433. The van der Waals surface area contributed by atoms with E-state index in [2.05, 4.69) is 5.32 Å². The van der Waals surface area contributed by atoms with E-state index < -0.39 is 0 Å². The van der Waals surface area contributed by atoms with Crippen LogP contribution in [-0.4, -0.2) is 27.2 Å². The van der Waals surface area contributed by atoms with Crippen LogP contribution in [0.15, 0.2) is 48.5 Å². The van der Waals surface area contributed by atoms with E-state index in [1.165, 1.54) is 11.3 Å². The highest BCUT2D eigenvalue weighted by Crippen LogP contribution is 2.45. The minimum Gasteiger partial charge on any atom is -0.493 e. The van der Waals surface area contributed by atoms with Gasteiger partial charge in [-0.2, -0.15) is 0 Å². The molecule has 3 aromatic rings. The lowest BCUT2D eigenvalue weighted by atomic mass is 10.1. The van der Waals surface area contributed by atoms with E-state index in [1.807, 2.05) is 30.3 Å². The van der Waals surface area contributed by atoms with Gasteiger partial charge >= 0.3 is 0 Å². The summed E-state index contributed by atoms with van der Waals surface area (Å²) in [6.07, 6.45) is 0. The molecule has 0 saturated carbocycles. The molecular formula is C21H20ClNO4S. The Morgan fingerprint density at radius 3 is 2.29 bits per heavy atom. The Morgan fingerprint density at radius 2 is 1.64 bits per heavy atom. The number of benzene rings is 2. The fraction of sp³-hybridized carbons (Fsp3) is 0.190. The molecule has 1 aromatic heterocycles. The molecule has 0 bridgehead atoms. The first-order valence-corrected chi connectivity index (χ1v) is 9.68. The molecule has 0 saturated heterocycles. The van der Waals surface area contributed by atoms with Crippen LogP contribution in [0.4, 0.5) is 0 Å². The van der Waals surface area contributed by atoms with Crippen LogP contribution in [0.25, 0.3) is 10.4 Å². The first-order chi connectivity index (χ1) is 13.6. The molecule has 0 aliphatic carbocycles. The molecule has 0 aliphatic rings. The standard InChI is InChI=1S/C21H20ClNO4S/c1-25-16-9-8-15(19(26-2)20(16)27-3)17-10-11-18(28-17)21(24)23-12-13-4-6-14(22)7-5-13/h4-11H,12H2,1-3H3,(H,23,24). The SMILES string of the molecule is COc1ccc(-c2ccc(C(=O)NCc3ccc(Cl)cc3)s2)c(OC)c1OC. The third-order valence-electron chi connectivity index (χ3n) is 4.17. The van der Waals surface area contributed by atoms with Crippen molar-refractivity contribution < 1.29 is 19.0 Å². The maximum Gasteiger partial charge on any atom is 0.261 e. The van der Waals surface area contributed by atoms with Gasteiger partial charge < -0.3 is 19.5 Å². The molecule has 7 heteroatoms. The summed E-state index contributed by atoms with van der Waals surface area (Å²) in [5.41, 5.74) is 1.82. The van der Waals surface area contributed by atoms with Crippen molar-refractivity contribution in [1.29, 1.82) is 0 Å². The summed E-state index contributed by atoms with van der Waals surface area (Å²) in [7, 11) is 4.72. The van der Waals surface area contributed by atoms with E-state index in [1.54, 1.807) is 39.5 Å². The Hall–Kier alpha value is -2.70. The number of methoxy groups -OCH3 is 3. The molecule has 2 aromatic carbocycles. The Kier molecular flexibility index (Phi) is 6.44. The third kappa shape index (κ3) is 4.24. The summed E-state index contributed by atoms with van der Waals surface area (Å²) in [6, 6.07) is 14.8. The molecular weight excluding hydrogens is 398 g/mol. The minimum atomic E-state index is -0.134. The smallest absolute Gasteiger partial charge is 0.261 e. The molecule has 1 N–H and O–H groups in total. The number of thiophene rings is 1. The topological polar surface area (TPSA) is 56.8 Å². The van der Waals surface area contributed by atoms with Crippen molar-refractivity contribution in [2.24, 2.45) is 0 Å². The molecule has 0 atom stereocenters. The molecule has 0 fully saturated rings. The van der Waals surface area contributed by atoms with Gasteiger partial charge in [0.25, 0.3) is 5.91 Å². The molecule has 28 heavy (non-hydrogen) atoms. The van der Waals surface area contributed by atoms with Crippen LogP contribution >= 0.6 is 22.9 Å². The molecule has 3 rings (SSSR count). The van der Waals surface area contributed by atoms with Crippen molar-refractivity contribution in [2.45, 2.75) is 6.54 Å². The molecule has 0 spiro atoms. The normalized spacial score (nSPS) is 10.4. The monoisotopic (exact) mass is 417 g/mol. The molecule has 1 heterocycles. The third-order valence-corrected chi connectivity index (χ3v) is 5.54. The summed E-state index contributed by atoms with van der Waals surface area (Å²) >= 11 is 7.27. The van der Waals surface area contributed by atoms with Gasteiger partial charge in [-0.1, -0.05) is 23.7 Å². The van der Waals surface area contributed by atoms with Gasteiger partial charge in [0.05, 0.1) is 26.2 Å². The second-order valence-corrected chi connectivity index (χ2v) is 7.38. The Labute approximate surface area is 172 Å². The average molecular weight is 418 g/mol. The number of amides is 1. The van der Waals surface area contributed by atoms with Crippen LogP contribution < -0.4 is 19.5 Å². The second kappa shape index (κ2) is 8.99. The van der Waals surface area contributed by atoms with Gasteiger partial charge in [0, 0.05) is 22.0 Å². The number of ether oxygens (including phenoxy) is 3. The van der Waals surface area contributed by atoms with Crippen molar-refractivity contribution in [1.82, 2.24) is 5.32 Å². The van der Waals surface area contributed by atoms with Crippen LogP contribution in [0.2, 0.25) is 5.02 Å². The molecule has 0 aliphatic heterocycles. The largest absolute Gasteiger partial charge is 0.493 e. The number of rotatable bonds is 7. The van der Waals surface area contributed by atoms with Crippen molar-refractivity contribution >= 4 is 28.8 Å². The summed E-state index contributed by atoms with van der Waals surface area (Å²) in [4.78, 5) is 14.0. The number of nitrogens with one attached hydrogen (secondary N) is 1. The number of carbonyl (C=O) groups is 1. The van der Waals surface area contributed by atoms with E-state index in [0.717, 1.165) is 16.0 Å². The van der Waals surface area contributed by atoms with Crippen molar-refractivity contribution in [3.8, 4) is 27.7 Å². The molecule has 5 nitrogen and oxygen atoms in total. The fourth-order valence-corrected chi connectivity index (χ4v) is 3.84. The van der Waals surface area contributed by atoms with E-state index in [9.17, 15) is 4.79 Å². The first-order valence-electron chi connectivity index (χ1n) is 8.49. The fourth-order valence-electron chi connectivity index (χ4n) is 2.77. The van der Waals surface area contributed by atoms with Gasteiger partial charge in [-0.3, -0.25) is 4.79 Å². The maximum absolute atomic E-state index is 12.5. The van der Waals surface area contributed by atoms with Crippen LogP contribution in [0, 0.1) is 0 Å². The van der Waals surface area contributed by atoms with E-state index >= 15 is 0 Å². The van der Waals surface area contributed by atoms with Crippen molar-refractivity contribution in [2.75, 3.05) is 21.3 Å². The van der Waals surface area contributed by atoms with Gasteiger partial charge in [0.15, 0.2) is 11.5 Å². The Bertz CT molecular complexity index is 969. The van der Waals surface area contributed by atoms with Crippen molar-refractivity contribution in [3.63, 3.8) is 0 Å². The lowest BCUT2D eigenvalue weighted by Crippen LogP contribution is -2.21. The number of carbonyl (C=O) groups excluding carboxylic acids is 1. The highest BCUT2D eigenvalue weighted by atomic mass is 35.5. The molecule has 146 valence electrons. The summed E-state index contributed by atoms with van der Waals surface area (Å²) < 4.78 is 16.3. The minimum absolute atomic E-state index is 0.134. The predicted molar refractivity (Wildman–Crippen MR) is 112 cm³/mol. The zero-order valence-electron chi connectivity index (χ0n) is 15.7. The summed E-state index contributed by atoms with van der Waals surface area (Å²) in [5, 5.41) is 3.59. The van der Waals surface area contributed by atoms with Crippen molar-refractivity contribution in [3.05, 3.63) is 64.0 Å². The van der Waals surface area contributed by atoms with Crippen LogP contribution in [-0.2, 0) is 6.54 Å². The number of hydrogen-bond donors (Lipinski definition) is 1. The summed E-state index contributed by atoms with van der Waals surface area (Å²) in [5.74, 6) is 1.53. The predicted octanol–water partition coefficient (Wildman–Crippen LogP) is 5.02. The Morgan fingerprint density at radius 1 is 0.929 bits per heavy atom. The lowest BCUT2D eigenvalue weighted by molar-refractivity contribution is 0.0955. The second-order valence-electron chi connectivity index (χ2n) is 5.85. The number of halogens is 1. The van der Waals surface area contributed by atoms with Gasteiger partial charge in [-0.25, -0.2) is 0 Å². The highest BCUT2D eigenvalue weighted by Gasteiger charge is 2.19. The van der Waals surface area contributed by atoms with Crippen LogP contribution in [0.5, 0.6) is 17.2 Å². The molecule has 0 radical (unpaired) electrons. The van der Waals surface area contributed by atoms with Gasteiger partial charge in [0.2, 0.25) is 5.75 Å². The van der Waals surface area contributed by atoms with Crippen LogP contribution in [0.3, 0.4) is 0 Å². The van der Waals surface area contributed by atoms with Gasteiger partial charge in [-0.15, -0.1) is 11.3 Å². The number of hydrogen-bond acceptors (Lipinski definition) is 5. The van der Waals surface area contributed by atoms with Gasteiger partial charge in [-0.05, 0) is 42.0 Å². The Balaban J connectivity index is 1.80. The van der Waals surface area contributed by atoms with E-state index in [4.69, 9.17) is 25.8 Å². The lowest BCUT2D eigenvalue weighted by Gasteiger charge is -2.14. The zero-order chi connectivity index (χ0) is 20.1. The van der Waals surface area contributed by atoms with Crippen LogP contribution in [0.1, 0.15) is 15.2 Å². The quantitative estimate of drug-likeness (QED) is 0.586. The maximum atomic E-state index is 12.5. The first kappa shape index (κ1) is 20.0. The van der Waals surface area contributed by atoms with Gasteiger partial charge in [0.1, 0.15) is 0 Å². The van der Waals surface area contributed by atoms with E-state index in [-0.39, 0.29) is 5.91 Å². The zero-order valence-corrected chi connectivity index (χ0v) is 17.3.